The third-order valence-electron chi connectivity index (χ3n) is 8.55. The van der Waals surface area contributed by atoms with Gasteiger partial charge in [0.1, 0.15) is 0 Å². The van der Waals surface area contributed by atoms with E-state index in [0.717, 1.165) is 62.5 Å². The van der Waals surface area contributed by atoms with Crippen LogP contribution in [-0.4, -0.2) is 10.2 Å². The fourth-order valence-corrected chi connectivity index (χ4v) is 5.99. The van der Waals surface area contributed by atoms with E-state index in [1.165, 1.54) is 116 Å². The normalized spacial score (nSPS) is 11.5. The van der Waals surface area contributed by atoms with Gasteiger partial charge in [0, 0.05) is 5.56 Å². The van der Waals surface area contributed by atoms with E-state index in [9.17, 15) is 10.2 Å². The van der Waals surface area contributed by atoms with Crippen LogP contribution in [-0.2, 0) is 19.3 Å². The summed E-state index contributed by atoms with van der Waals surface area (Å²) in [7, 11) is 0. The highest BCUT2D eigenvalue weighted by atomic mass is 19.1. The monoisotopic (exact) mass is 548 g/mol. The minimum Gasteiger partial charge on any atom is -0.504 e. The summed E-state index contributed by atoms with van der Waals surface area (Å²) in [5.74, 6) is -1.27. The number of halogens is 1. The molecule has 2 N–H and O–H groups in total. The minimum absolute atomic E-state index is 0.190. The fourth-order valence-electron chi connectivity index (χ4n) is 5.99. The quantitative estimate of drug-likeness (QED) is 0.0847. The maximum absolute atomic E-state index is 15.3. The van der Waals surface area contributed by atoms with Gasteiger partial charge in [0.05, 0.1) is 0 Å². The smallest absolute Gasteiger partial charge is 0.194 e. The first-order valence-electron chi connectivity index (χ1n) is 17.3. The molecule has 0 amide bonds. The topological polar surface area (TPSA) is 40.5 Å². The summed E-state index contributed by atoms with van der Waals surface area (Å²) in [6.07, 6.45) is 31.8. The van der Waals surface area contributed by atoms with Crippen LogP contribution in [0.3, 0.4) is 0 Å². The SMILES string of the molecule is CCCCCCCCCCc1c(O)c(O)c(F)c(CCCCCCCCCC)c1CCCCCCCCCC. The summed E-state index contributed by atoms with van der Waals surface area (Å²) < 4.78 is 15.3. The number of phenolic OH excluding ortho intramolecular Hbond substituents is 2. The molecule has 1 rings (SSSR count). The van der Waals surface area contributed by atoms with Crippen molar-refractivity contribution in [3.8, 4) is 11.5 Å². The van der Waals surface area contributed by atoms with E-state index in [-0.39, 0.29) is 5.75 Å². The van der Waals surface area contributed by atoms with E-state index >= 15 is 4.39 Å². The third kappa shape index (κ3) is 15.9. The van der Waals surface area contributed by atoms with Crippen LogP contribution in [0.15, 0.2) is 0 Å². The van der Waals surface area contributed by atoms with Crippen LogP contribution in [0.5, 0.6) is 11.5 Å². The Kier molecular flexibility index (Phi) is 22.5. The van der Waals surface area contributed by atoms with Crippen LogP contribution >= 0.6 is 0 Å². The maximum atomic E-state index is 15.3. The molecule has 0 aliphatic carbocycles. The number of rotatable bonds is 27. The van der Waals surface area contributed by atoms with Crippen molar-refractivity contribution in [3.05, 3.63) is 22.5 Å². The molecule has 0 radical (unpaired) electrons. The summed E-state index contributed by atoms with van der Waals surface area (Å²) in [4.78, 5) is 0. The number of hydrogen-bond donors (Lipinski definition) is 2. The molecule has 0 aliphatic heterocycles. The van der Waals surface area contributed by atoms with E-state index in [0.29, 0.717) is 12.0 Å². The van der Waals surface area contributed by atoms with Gasteiger partial charge in [0.2, 0.25) is 0 Å². The van der Waals surface area contributed by atoms with Crippen molar-refractivity contribution < 1.29 is 14.6 Å². The molecular weight excluding hydrogens is 483 g/mol. The second kappa shape index (κ2) is 24.5. The summed E-state index contributed by atoms with van der Waals surface area (Å²) in [6, 6.07) is 0. The van der Waals surface area contributed by atoms with E-state index < -0.39 is 11.6 Å². The third-order valence-corrected chi connectivity index (χ3v) is 8.55. The average Bonchev–Trinajstić information content (AvgIpc) is 2.94. The molecule has 0 aliphatic rings. The molecule has 0 saturated heterocycles. The summed E-state index contributed by atoms with van der Waals surface area (Å²) >= 11 is 0. The predicted molar refractivity (Wildman–Crippen MR) is 169 cm³/mol. The minimum atomic E-state index is -0.565. The van der Waals surface area contributed by atoms with Gasteiger partial charge in [-0.1, -0.05) is 156 Å². The van der Waals surface area contributed by atoms with Gasteiger partial charge in [-0.25, -0.2) is 4.39 Å². The first-order chi connectivity index (χ1) is 19.1. The summed E-state index contributed by atoms with van der Waals surface area (Å²) in [5, 5.41) is 21.4. The zero-order valence-corrected chi connectivity index (χ0v) is 26.4. The van der Waals surface area contributed by atoms with Gasteiger partial charge >= 0.3 is 0 Å². The molecule has 39 heavy (non-hydrogen) atoms. The second-order valence-corrected chi connectivity index (χ2v) is 12.1. The molecule has 228 valence electrons. The van der Waals surface area contributed by atoms with Crippen LogP contribution in [0.25, 0.3) is 0 Å². The Bertz CT molecular complexity index is 667. The molecule has 0 bridgehead atoms. The lowest BCUT2D eigenvalue weighted by Crippen LogP contribution is -2.06. The molecular formula is C36H65FO2. The van der Waals surface area contributed by atoms with Crippen LogP contribution < -0.4 is 0 Å². The Morgan fingerprint density at radius 2 is 0.641 bits per heavy atom. The Labute approximate surface area is 242 Å². The summed E-state index contributed by atoms with van der Waals surface area (Å²) in [6.45, 7) is 6.75. The number of hydrogen-bond acceptors (Lipinski definition) is 2. The van der Waals surface area contributed by atoms with Gasteiger partial charge in [-0.3, -0.25) is 0 Å². The number of benzene rings is 1. The van der Waals surface area contributed by atoms with Gasteiger partial charge in [-0.2, -0.15) is 0 Å². The zero-order valence-electron chi connectivity index (χ0n) is 26.4. The van der Waals surface area contributed by atoms with Gasteiger partial charge in [0.15, 0.2) is 17.3 Å². The molecule has 1 aromatic rings. The highest BCUT2D eigenvalue weighted by Crippen LogP contribution is 2.40. The molecule has 3 heteroatoms. The van der Waals surface area contributed by atoms with Crippen molar-refractivity contribution in [1.29, 1.82) is 0 Å². The first-order valence-corrected chi connectivity index (χ1v) is 17.3. The Morgan fingerprint density at radius 3 is 1.00 bits per heavy atom. The van der Waals surface area contributed by atoms with Crippen molar-refractivity contribution in [3.63, 3.8) is 0 Å². The molecule has 0 unspecified atom stereocenters. The van der Waals surface area contributed by atoms with E-state index in [1.807, 2.05) is 0 Å². The Balaban J connectivity index is 2.77. The lowest BCUT2D eigenvalue weighted by Gasteiger charge is -2.19. The predicted octanol–water partition coefficient (Wildman–Crippen LogP) is 12.3. The van der Waals surface area contributed by atoms with E-state index in [2.05, 4.69) is 20.8 Å². The van der Waals surface area contributed by atoms with Gasteiger partial charge in [-0.15, -0.1) is 0 Å². The highest BCUT2D eigenvalue weighted by molar-refractivity contribution is 5.54. The average molecular weight is 549 g/mol. The number of unbranched alkanes of at least 4 members (excludes halogenated alkanes) is 21. The van der Waals surface area contributed by atoms with Crippen LogP contribution in [0.2, 0.25) is 0 Å². The van der Waals surface area contributed by atoms with Crippen LogP contribution in [0.1, 0.15) is 192 Å². The van der Waals surface area contributed by atoms with Gasteiger partial charge in [-0.05, 0) is 49.7 Å². The van der Waals surface area contributed by atoms with Crippen molar-refractivity contribution in [2.45, 2.75) is 194 Å². The van der Waals surface area contributed by atoms with Gasteiger partial charge < -0.3 is 10.2 Å². The molecule has 0 fully saturated rings. The zero-order chi connectivity index (χ0) is 28.6. The maximum Gasteiger partial charge on any atom is 0.194 e. The standard InChI is InChI=1S/C36H65FO2/c1-4-7-10-13-16-19-22-25-28-31-32(29-26-23-20-17-14-11-8-5-2)34(37)36(39)35(38)33(31)30-27-24-21-18-15-12-9-6-3/h38-39H,4-30H2,1-3H3. The van der Waals surface area contributed by atoms with E-state index in [1.54, 1.807) is 0 Å². The van der Waals surface area contributed by atoms with Gasteiger partial charge in [0.25, 0.3) is 0 Å². The lowest BCUT2D eigenvalue weighted by atomic mass is 9.88. The molecule has 0 spiro atoms. The molecule has 0 atom stereocenters. The lowest BCUT2D eigenvalue weighted by molar-refractivity contribution is 0.370. The molecule has 2 nitrogen and oxygen atoms in total. The first kappa shape index (κ1) is 35.8. The van der Waals surface area contributed by atoms with Crippen molar-refractivity contribution in [1.82, 2.24) is 0 Å². The summed E-state index contributed by atoms with van der Waals surface area (Å²) in [5.41, 5.74) is 2.53. The highest BCUT2D eigenvalue weighted by Gasteiger charge is 2.23. The van der Waals surface area contributed by atoms with Crippen molar-refractivity contribution in [2.24, 2.45) is 0 Å². The second-order valence-electron chi connectivity index (χ2n) is 12.1. The van der Waals surface area contributed by atoms with E-state index in [4.69, 9.17) is 0 Å². The fraction of sp³-hybridized carbons (Fsp3) is 0.833. The molecule has 0 saturated carbocycles. The van der Waals surface area contributed by atoms with Crippen LogP contribution in [0, 0.1) is 5.82 Å². The molecule has 0 aromatic heterocycles. The molecule has 1 aromatic carbocycles. The molecule has 0 heterocycles. The largest absolute Gasteiger partial charge is 0.504 e. The number of aromatic hydroxyl groups is 2. The Morgan fingerprint density at radius 1 is 0.359 bits per heavy atom. The van der Waals surface area contributed by atoms with Crippen LogP contribution in [0.4, 0.5) is 4.39 Å². The van der Waals surface area contributed by atoms with Crippen molar-refractivity contribution >= 4 is 0 Å². The van der Waals surface area contributed by atoms with Crippen molar-refractivity contribution in [2.75, 3.05) is 0 Å². The number of phenols is 2. The Hall–Kier alpha value is -1.25.